The highest BCUT2D eigenvalue weighted by atomic mass is 16.5. The van der Waals surface area contributed by atoms with E-state index in [-0.39, 0.29) is 30.2 Å². The number of carbonyl (C=O) groups is 2. The van der Waals surface area contributed by atoms with Gasteiger partial charge in [-0.05, 0) is 37.1 Å². The number of nitrogens with zero attached hydrogens (tertiary/aromatic N) is 2. The third-order valence-corrected chi connectivity index (χ3v) is 4.79. The number of ether oxygens (including phenoxy) is 1. The van der Waals surface area contributed by atoms with E-state index in [9.17, 15) is 9.59 Å². The van der Waals surface area contributed by atoms with Crippen molar-refractivity contribution >= 4 is 17.5 Å². The minimum absolute atomic E-state index is 0.00277. The van der Waals surface area contributed by atoms with Crippen molar-refractivity contribution in [2.24, 2.45) is 11.7 Å². The summed E-state index contributed by atoms with van der Waals surface area (Å²) in [5.41, 5.74) is 6.56. The van der Waals surface area contributed by atoms with E-state index in [1.54, 1.807) is 12.0 Å². The van der Waals surface area contributed by atoms with Crippen molar-refractivity contribution in [3.8, 4) is 5.75 Å². The van der Waals surface area contributed by atoms with Gasteiger partial charge in [-0.15, -0.1) is 0 Å². The Bertz CT molecular complexity index is 587. The maximum atomic E-state index is 12.7. The second kappa shape index (κ2) is 6.58. The summed E-state index contributed by atoms with van der Waals surface area (Å²) in [5, 5.41) is 0. The molecule has 2 heterocycles. The van der Waals surface area contributed by atoms with Gasteiger partial charge in [0.2, 0.25) is 11.8 Å². The summed E-state index contributed by atoms with van der Waals surface area (Å²) in [7, 11) is 1.61. The smallest absolute Gasteiger partial charge is 0.228 e. The van der Waals surface area contributed by atoms with Crippen LogP contribution in [0.3, 0.4) is 0 Å². The molecule has 124 valence electrons. The second-order valence-electron chi connectivity index (χ2n) is 6.17. The molecule has 2 aliphatic heterocycles. The maximum Gasteiger partial charge on any atom is 0.228 e. The van der Waals surface area contributed by atoms with Gasteiger partial charge in [0.05, 0.1) is 13.0 Å². The number of hydrogen-bond acceptors (Lipinski definition) is 4. The van der Waals surface area contributed by atoms with Crippen molar-refractivity contribution in [1.82, 2.24) is 4.90 Å². The third kappa shape index (κ3) is 3.03. The molecule has 6 nitrogen and oxygen atoms in total. The molecule has 0 bridgehead atoms. The van der Waals surface area contributed by atoms with Gasteiger partial charge < -0.3 is 20.3 Å². The molecular weight excluding hydrogens is 294 g/mol. The average Bonchev–Trinajstić information content (AvgIpc) is 3.20. The van der Waals surface area contributed by atoms with Gasteiger partial charge in [0.15, 0.2) is 0 Å². The Morgan fingerprint density at radius 2 is 2.09 bits per heavy atom. The van der Waals surface area contributed by atoms with Crippen LogP contribution in [-0.2, 0) is 9.59 Å². The summed E-state index contributed by atoms with van der Waals surface area (Å²) in [4.78, 5) is 28.6. The number of benzene rings is 1. The van der Waals surface area contributed by atoms with Gasteiger partial charge in [0.1, 0.15) is 5.75 Å². The molecular formula is C17H23N3O3. The summed E-state index contributed by atoms with van der Waals surface area (Å²) >= 11 is 0. The van der Waals surface area contributed by atoms with E-state index in [0.29, 0.717) is 13.1 Å². The van der Waals surface area contributed by atoms with Crippen LogP contribution in [0.25, 0.3) is 0 Å². The topological polar surface area (TPSA) is 75.9 Å². The molecule has 2 N–H and O–H groups in total. The summed E-state index contributed by atoms with van der Waals surface area (Å²) in [6.45, 7) is 1.69. The normalized spacial score (nSPS) is 24.3. The zero-order valence-electron chi connectivity index (χ0n) is 13.4. The van der Waals surface area contributed by atoms with Crippen molar-refractivity contribution < 1.29 is 14.3 Å². The summed E-state index contributed by atoms with van der Waals surface area (Å²) < 4.78 is 5.13. The van der Waals surface area contributed by atoms with Crippen LogP contribution in [0.2, 0.25) is 0 Å². The first-order valence-electron chi connectivity index (χ1n) is 8.09. The lowest BCUT2D eigenvalue weighted by molar-refractivity contribution is -0.136. The van der Waals surface area contributed by atoms with Gasteiger partial charge in [-0.1, -0.05) is 0 Å². The molecule has 0 saturated carbocycles. The molecule has 0 radical (unpaired) electrons. The Morgan fingerprint density at radius 3 is 2.74 bits per heavy atom. The van der Waals surface area contributed by atoms with E-state index in [4.69, 9.17) is 10.5 Å². The standard InChI is InChI=1S/C17H23N3O3/c1-23-15-6-4-13(5-7-15)20-11-12(9-16(20)21)17(22)19-8-2-3-14(19)10-18/h4-7,12,14H,2-3,8-11,18H2,1H3. The van der Waals surface area contributed by atoms with E-state index in [2.05, 4.69) is 0 Å². The first-order valence-corrected chi connectivity index (χ1v) is 8.09. The van der Waals surface area contributed by atoms with Crippen LogP contribution in [0.5, 0.6) is 5.75 Å². The van der Waals surface area contributed by atoms with Crippen LogP contribution in [0, 0.1) is 5.92 Å². The van der Waals surface area contributed by atoms with Crippen molar-refractivity contribution in [2.75, 3.05) is 31.6 Å². The molecule has 2 unspecified atom stereocenters. The Hall–Kier alpha value is -2.08. The summed E-state index contributed by atoms with van der Waals surface area (Å²) in [6, 6.07) is 7.47. The van der Waals surface area contributed by atoms with E-state index >= 15 is 0 Å². The molecule has 1 aromatic carbocycles. The van der Waals surface area contributed by atoms with E-state index in [0.717, 1.165) is 30.8 Å². The fourth-order valence-corrected chi connectivity index (χ4v) is 3.49. The zero-order chi connectivity index (χ0) is 16.4. The molecule has 23 heavy (non-hydrogen) atoms. The van der Waals surface area contributed by atoms with Crippen LogP contribution in [0.4, 0.5) is 5.69 Å². The van der Waals surface area contributed by atoms with Crippen LogP contribution in [0.15, 0.2) is 24.3 Å². The lowest BCUT2D eigenvalue weighted by Gasteiger charge is -2.26. The number of likely N-dealkylation sites (tertiary alicyclic amines) is 1. The maximum absolute atomic E-state index is 12.7. The lowest BCUT2D eigenvalue weighted by atomic mass is 10.1. The minimum atomic E-state index is -0.267. The van der Waals surface area contributed by atoms with Crippen molar-refractivity contribution in [3.05, 3.63) is 24.3 Å². The molecule has 1 aromatic rings. The number of rotatable bonds is 4. The Kier molecular flexibility index (Phi) is 4.52. The Balaban J connectivity index is 1.70. The summed E-state index contributed by atoms with van der Waals surface area (Å²) in [6.07, 6.45) is 2.24. The predicted octanol–water partition coefficient (Wildman–Crippen LogP) is 0.998. The molecule has 2 aliphatic rings. The van der Waals surface area contributed by atoms with Gasteiger partial charge in [-0.25, -0.2) is 0 Å². The molecule has 2 saturated heterocycles. The molecule has 2 fully saturated rings. The molecule has 2 atom stereocenters. The molecule has 0 aromatic heterocycles. The van der Waals surface area contributed by atoms with Crippen molar-refractivity contribution in [2.45, 2.75) is 25.3 Å². The van der Waals surface area contributed by atoms with E-state index < -0.39 is 0 Å². The largest absolute Gasteiger partial charge is 0.497 e. The highest BCUT2D eigenvalue weighted by Gasteiger charge is 2.39. The van der Waals surface area contributed by atoms with E-state index in [1.807, 2.05) is 29.2 Å². The van der Waals surface area contributed by atoms with Gasteiger partial charge in [-0.2, -0.15) is 0 Å². The fourth-order valence-electron chi connectivity index (χ4n) is 3.49. The van der Waals surface area contributed by atoms with Crippen LogP contribution < -0.4 is 15.4 Å². The zero-order valence-corrected chi connectivity index (χ0v) is 13.4. The molecule has 0 spiro atoms. The van der Waals surface area contributed by atoms with Crippen molar-refractivity contribution in [3.63, 3.8) is 0 Å². The second-order valence-corrected chi connectivity index (χ2v) is 6.17. The fraction of sp³-hybridized carbons (Fsp3) is 0.529. The lowest BCUT2D eigenvalue weighted by Crippen LogP contribution is -2.43. The monoisotopic (exact) mass is 317 g/mol. The first-order chi connectivity index (χ1) is 11.1. The number of hydrogen-bond donors (Lipinski definition) is 1. The average molecular weight is 317 g/mol. The van der Waals surface area contributed by atoms with Gasteiger partial charge >= 0.3 is 0 Å². The van der Waals surface area contributed by atoms with E-state index in [1.165, 1.54) is 0 Å². The van der Waals surface area contributed by atoms with Crippen LogP contribution in [-0.4, -0.2) is 49.5 Å². The number of carbonyl (C=O) groups excluding carboxylic acids is 2. The van der Waals surface area contributed by atoms with Crippen molar-refractivity contribution in [1.29, 1.82) is 0 Å². The SMILES string of the molecule is COc1ccc(N2CC(C(=O)N3CCCC3CN)CC2=O)cc1. The molecule has 6 heteroatoms. The number of anilines is 1. The highest BCUT2D eigenvalue weighted by molar-refractivity contribution is 6.00. The quantitative estimate of drug-likeness (QED) is 0.899. The Labute approximate surface area is 136 Å². The molecule has 3 rings (SSSR count). The summed E-state index contributed by atoms with van der Waals surface area (Å²) in [5.74, 6) is 0.548. The number of amides is 2. The number of methoxy groups -OCH3 is 1. The predicted molar refractivity (Wildman–Crippen MR) is 87.2 cm³/mol. The molecule has 0 aliphatic carbocycles. The van der Waals surface area contributed by atoms with Gasteiger partial charge in [-0.3, -0.25) is 9.59 Å². The van der Waals surface area contributed by atoms with Crippen LogP contribution in [0.1, 0.15) is 19.3 Å². The third-order valence-electron chi connectivity index (χ3n) is 4.79. The van der Waals surface area contributed by atoms with Gasteiger partial charge in [0.25, 0.3) is 0 Å². The van der Waals surface area contributed by atoms with Crippen LogP contribution >= 0.6 is 0 Å². The van der Waals surface area contributed by atoms with Gasteiger partial charge in [0, 0.05) is 37.8 Å². The molecule has 2 amide bonds. The minimum Gasteiger partial charge on any atom is -0.497 e. The highest BCUT2D eigenvalue weighted by Crippen LogP contribution is 2.29. The Morgan fingerprint density at radius 1 is 1.35 bits per heavy atom. The number of nitrogens with two attached hydrogens (primary N) is 1. The first kappa shape index (κ1) is 15.8.